The number of piperazine rings is 1. The molecule has 2 aromatic carbocycles. The van der Waals surface area contributed by atoms with Crippen molar-refractivity contribution in [2.75, 3.05) is 31.1 Å². The first-order valence-electron chi connectivity index (χ1n) is 10.7. The average Bonchev–Trinajstić information content (AvgIpc) is 3.38. The number of fused-ring (bicyclic) bond motifs is 1. The molecule has 6 heteroatoms. The molecular formula is C25H26N4OS. The van der Waals surface area contributed by atoms with Gasteiger partial charge in [0.2, 0.25) is 5.91 Å². The van der Waals surface area contributed by atoms with E-state index in [2.05, 4.69) is 58.9 Å². The zero-order chi connectivity index (χ0) is 21.4. The van der Waals surface area contributed by atoms with Crippen LogP contribution in [0, 0.1) is 13.8 Å². The van der Waals surface area contributed by atoms with Crippen molar-refractivity contribution in [1.29, 1.82) is 0 Å². The number of thiazole rings is 1. The van der Waals surface area contributed by atoms with Gasteiger partial charge in [0.15, 0.2) is 4.96 Å². The van der Waals surface area contributed by atoms with Gasteiger partial charge in [-0.05, 0) is 31.0 Å². The Morgan fingerprint density at radius 2 is 1.81 bits per heavy atom. The molecule has 0 unspecified atom stereocenters. The Morgan fingerprint density at radius 3 is 2.58 bits per heavy atom. The summed E-state index contributed by atoms with van der Waals surface area (Å²) in [7, 11) is 0. The Bertz CT molecular complexity index is 1220. The van der Waals surface area contributed by atoms with Crippen molar-refractivity contribution >= 4 is 27.9 Å². The molecule has 158 valence electrons. The van der Waals surface area contributed by atoms with Crippen LogP contribution in [0.5, 0.6) is 0 Å². The van der Waals surface area contributed by atoms with Gasteiger partial charge in [0.25, 0.3) is 0 Å². The molecule has 31 heavy (non-hydrogen) atoms. The van der Waals surface area contributed by atoms with Gasteiger partial charge in [0.1, 0.15) is 0 Å². The van der Waals surface area contributed by atoms with Gasteiger partial charge in [-0.2, -0.15) is 0 Å². The summed E-state index contributed by atoms with van der Waals surface area (Å²) in [5.41, 5.74) is 6.91. The number of amides is 1. The van der Waals surface area contributed by atoms with Crippen LogP contribution in [0.25, 0.3) is 16.2 Å². The van der Waals surface area contributed by atoms with Crippen LogP contribution in [0.2, 0.25) is 0 Å². The molecule has 0 N–H and O–H groups in total. The third-order valence-corrected chi connectivity index (χ3v) is 6.91. The maximum absolute atomic E-state index is 13.0. The molecule has 2 aromatic heterocycles. The highest BCUT2D eigenvalue weighted by atomic mass is 32.1. The summed E-state index contributed by atoms with van der Waals surface area (Å²) in [6.07, 6.45) is 2.45. The minimum atomic E-state index is 0.190. The molecule has 0 radical (unpaired) electrons. The normalized spacial score (nSPS) is 14.4. The van der Waals surface area contributed by atoms with Crippen molar-refractivity contribution in [2.24, 2.45) is 0 Å². The predicted molar refractivity (Wildman–Crippen MR) is 127 cm³/mol. The highest BCUT2D eigenvalue weighted by molar-refractivity contribution is 7.15. The maximum atomic E-state index is 13.0. The van der Waals surface area contributed by atoms with Gasteiger partial charge < -0.3 is 9.80 Å². The second-order valence-electron chi connectivity index (χ2n) is 8.21. The summed E-state index contributed by atoms with van der Waals surface area (Å²) in [6.45, 7) is 7.56. The van der Waals surface area contributed by atoms with Crippen LogP contribution >= 0.6 is 11.3 Å². The largest absolute Gasteiger partial charge is 0.368 e. The molecule has 5 nitrogen and oxygen atoms in total. The van der Waals surface area contributed by atoms with Gasteiger partial charge in [0, 0.05) is 54.7 Å². The summed E-state index contributed by atoms with van der Waals surface area (Å²) in [4.78, 5) is 23.1. The van der Waals surface area contributed by atoms with Crippen LogP contribution in [-0.2, 0) is 11.2 Å². The first kappa shape index (κ1) is 19.8. The third kappa shape index (κ3) is 3.95. The number of hydrogen-bond donors (Lipinski definition) is 0. The molecule has 0 spiro atoms. The lowest BCUT2D eigenvalue weighted by Gasteiger charge is -2.37. The lowest BCUT2D eigenvalue weighted by Crippen LogP contribution is -2.49. The number of carbonyl (C=O) groups excluding carboxylic acids is 1. The Morgan fingerprint density at radius 1 is 1.03 bits per heavy atom. The fraction of sp³-hybridized carbons (Fsp3) is 0.280. The van der Waals surface area contributed by atoms with Crippen molar-refractivity contribution in [3.05, 3.63) is 76.9 Å². The van der Waals surface area contributed by atoms with E-state index in [1.807, 2.05) is 29.3 Å². The zero-order valence-corrected chi connectivity index (χ0v) is 18.7. The molecule has 1 saturated heterocycles. The van der Waals surface area contributed by atoms with E-state index in [0.29, 0.717) is 6.42 Å². The van der Waals surface area contributed by atoms with Gasteiger partial charge >= 0.3 is 0 Å². The summed E-state index contributed by atoms with van der Waals surface area (Å²) in [5, 5.41) is 2.06. The quantitative estimate of drug-likeness (QED) is 0.476. The Kier molecular flexibility index (Phi) is 5.24. The lowest BCUT2D eigenvalue weighted by molar-refractivity contribution is -0.130. The van der Waals surface area contributed by atoms with E-state index in [-0.39, 0.29) is 5.91 Å². The molecule has 1 aliphatic rings. The standard InChI is InChI=1S/C25H26N4OS/c1-18-8-9-19(2)23(14-18)27-10-12-28(13-11-27)24(30)15-21-17-31-25-26-22(16-29(21)25)20-6-4-3-5-7-20/h3-9,14,16-17H,10-13,15H2,1-2H3. The molecule has 0 atom stereocenters. The van der Waals surface area contributed by atoms with Gasteiger partial charge in [0.05, 0.1) is 12.1 Å². The van der Waals surface area contributed by atoms with E-state index in [0.717, 1.165) is 48.1 Å². The smallest absolute Gasteiger partial charge is 0.228 e. The van der Waals surface area contributed by atoms with E-state index >= 15 is 0 Å². The van der Waals surface area contributed by atoms with Crippen LogP contribution in [-0.4, -0.2) is 46.4 Å². The molecule has 1 aliphatic heterocycles. The number of hydrogen-bond acceptors (Lipinski definition) is 4. The minimum Gasteiger partial charge on any atom is -0.368 e. The molecule has 1 fully saturated rings. The fourth-order valence-corrected chi connectivity index (χ4v) is 5.10. The summed E-state index contributed by atoms with van der Waals surface area (Å²) < 4.78 is 2.07. The SMILES string of the molecule is Cc1ccc(C)c(N2CCN(C(=O)Cc3csc4nc(-c5ccccc5)cn34)CC2)c1. The van der Waals surface area contributed by atoms with Crippen LogP contribution in [0.4, 0.5) is 5.69 Å². The number of benzene rings is 2. The molecule has 0 saturated carbocycles. The van der Waals surface area contributed by atoms with Crippen LogP contribution in [0.1, 0.15) is 16.8 Å². The maximum Gasteiger partial charge on any atom is 0.228 e. The van der Waals surface area contributed by atoms with Crippen molar-refractivity contribution in [2.45, 2.75) is 20.3 Å². The number of aryl methyl sites for hydroxylation is 2. The lowest BCUT2D eigenvalue weighted by atomic mass is 10.1. The van der Waals surface area contributed by atoms with Gasteiger partial charge in [-0.15, -0.1) is 11.3 Å². The molecule has 5 rings (SSSR count). The van der Waals surface area contributed by atoms with Crippen LogP contribution in [0.3, 0.4) is 0 Å². The highest BCUT2D eigenvalue weighted by Gasteiger charge is 2.23. The Labute approximate surface area is 186 Å². The third-order valence-electron chi connectivity index (χ3n) is 6.02. The Balaban J connectivity index is 1.26. The molecule has 4 aromatic rings. The number of anilines is 1. The fourth-order valence-electron chi connectivity index (χ4n) is 4.23. The number of imidazole rings is 1. The van der Waals surface area contributed by atoms with Crippen molar-refractivity contribution in [1.82, 2.24) is 14.3 Å². The number of aromatic nitrogens is 2. The second kappa shape index (κ2) is 8.19. The number of carbonyl (C=O) groups is 1. The molecular weight excluding hydrogens is 404 g/mol. The van der Waals surface area contributed by atoms with Crippen LogP contribution < -0.4 is 4.90 Å². The van der Waals surface area contributed by atoms with E-state index in [9.17, 15) is 4.79 Å². The topological polar surface area (TPSA) is 40.8 Å². The monoisotopic (exact) mass is 430 g/mol. The first-order valence-corrected chi connectivity index (χ1v) is 11.6. The molecule has 3 heterocycles. The van der Waals surface area contributed by atoms with Gasteiger partial charge in [-0.1, -0.05) is 42.5 Å². The highest BCUT2D eigenvalue weighted by Crippen LogP contribution is 2.25. The van der Waals surface area contributed by atoms with Crippen LogP contribution in [0.15, 0.2) is 60.1 Å². The summed E-state index contributed by atoms with van der Waals surface area (Å²) in [5.74, 6) is 0.190. The van der Waals surface area contributed by atoms with Crippen molar-refractivity contribution in [3.8, 4) is 11.3 Å². The zero-order valence-electron chi connectivity index (χ0n) is 17.9. The van der Waals surface area contributed by atoms with E-state index in [4.69, 9.17) is 4.98 Å². The molecule has 1 amide bonds. The average molecular weight is 431 g/mol. The minimum absolute atomic E-state index is 0.190. The van der Waals surface area contributed by atoms with Gasteiger partial charge in [-0.3, -0.25) is 9.20 Å². The predicted octanol–water partition coefficient (Wildman–Crippen LogP) is 4.57. The molecule has 0 bridgehead atoms. The van der Waals surface area contributed by atoms with E-state index in [1.54, 1.807) is 11.3 Å². The number of nitrogens with zero attached hydrogens (tertiary/aromatic N) is 4. The summed E-state index contributed by atoms with van der Waals surface area (Å²) >= 11 is 1.59. The van der Waals surface area contributed by atoms with Gasteiger partial charge in [-0.25, -0.2) is 4.98 Å². The van der Waals surface area contributed by atoms with Crippen molar-refractivity contribution in [3.63, 3.8) is 0 Å². The molecule has 0 aliphatic carbocycles. The van der Waals surface area contributed by atoms with E-state index < -0.39 is 0 Å². The van der Waals surface area contributed by atoms with E-state index in [1.165, 1.54) is 16.8 Å². The van der Waals surface area contributed by atoms with Crippen molar-refractivity contribution < 1.29 is 4.79 Å². The number of rotatable bonds is 4. The summed E-state index contributed by atoms with van der Waals surface area (Å²) in [6, 6.07) is 16.7. The first-order chi connectivity index (χ1) is 15.1. The second-order valence-corrected chi connectivity index (χ2v) is 9.04. The Hall–Kier alpha value is -3.12.